The van der Waals surface area contributed by atoms with Gasteiger partial charge in [-0.3, -0.25) is 9.59 Å². The highest BCUT2D eigenvalue weighted by Crippen LogP contribution is 2.20. The first kappa shape index (κ1) is 20.9. The molecule has 0 N–H and O–H groups in total. The van der Waals surface area contributed by atoms with E-state index in [9.17, 15) is 9.59 Å². The molecule has 0 aromatic heterocycles. The molecule has 0 bridgehead atoms. The van der Waals surface area contributed by atoms with Gasteiger partial charge in [0, 0.05) is 0 Å². The van der Waals surface area contributed by atoms with Crippen LogP contribution in [-0.4, -0.2) is 32.8 Å². The fourth-order valence-corrected chi connectivity index (χ4v) is 2.28. The van der Waals surface area contributed by atoms with Crippen molar-refractivity contribution in [3.63, 3.8) is 0 Å². The lowest BCUT2D eigenvalue weighted by Crippen LogP contribution is -2.30. The number of ether oxygens (including phenoxy) is 2. The maximum absolute atomic E-state index is 11.8. The van der Waals surface area contributed by atoms with Gasteiger partial charge in [-0.2, -0.15) is 0 Å². The number of carbonyl (C=O) groups is 2. The summed E-state index contributed by atoms with van der Waals surface area (Å²) in [5.41, 5.74) is -0.977. The van der Waals surface area contributed by atoms with Crippen LogP contribution < -0.4 is 0 Å². The second-order valence-corrected chi connectivity index (χ2v) is 9.14. The average molecular weight is 430 g/mol. The number of halogens is 2. The van der Waals surface area contributed by atoms with E-state index in [1.54, 1.807) is 0 Å². The monoisotopic (exact) mass is 428 g/mol. The van der Waals surface area contributed by atoms with Gasteiger partial charge in [0.05, 0.1) is 0 Å². The molecular formula is C15H26Br2O4. The molecular weight excluding hydrogens is 404 g/mol. The van der Waals surface area contributed by atoms with Crippen LogP contribution in [0.3, 0.4) is 0 Å². The summed E-state index contributed by atoms with van der Waals surface area (Å²) in [7, 11) is 0. The highest BCUT2D eigenvalue weighted by atomic mass is 79.9. The largest absolute Gasteiger partial charge is 0.459 e. The fourth-order valence-electron chi connectivity index (χ4n) is 1.44. The molecule has 6 heteroatoms. The lowest BCUT2D eigenvalue weighted by atomic mass is 10.1. The Kier molecular flexibility index (Phi) is 8.47. The minimum absolute atomic E-state index is 0.272. The van der Waals surface area contributed by atoms with Gasteiger partial charge in [-0.1, -0.05) is 38.3 Å². The van der Waals surface area contributed by atoms with Crippen LogP contribution in [0, 0.1) is 0 Å². The van der Waals surface area contributed by atoms with Crippen molar-refractivity contribution in [3.05, 3.63) is 0 Å². The molecule has 0 aliphatic heterocycles. The van der Waals surface area contributed by atoms with Gasteiger partial charge in [-0.15, -0.1) is 0 Å². The summed E-state index contributed by atoms with van der Waals surface area (Å²) in [6, 6.07) is 0. The minimum Gasteiger partial charge on any atom is -0.459 e. The van der Waals surface area contributed by atoms with Crippen molar-refractivity contribution in [1.29, 1.82) is 0 Å². The molecule has 0 rings (SSSR count). The molecule has 0 radical (unpaired) electrons. The number of hydrogen-bond acceptors (Lipinski definition) is 4. The Morgan fingerprint density at radius 2 is 1.10 bits per heavy atom. The first-order chi connectivity index (χ1) is 9.32. The molecule has 21 heavy (non-hydrogen) atoms. The maximum Gasteiger partial charge on any atom is 0.320 e. The molecule has 0 heterocycles. The minimum atomic E-state index is -0.489. The first-order valence-corrected chi connectivity index (χ1v) is 8.89. The topological polar surface area (TPSA) is 52.6 Å². The third-order valence-corrected chi connectivity index (χ3v) is 3.90. The molecule has 0 spiro atoms. The Morgan fingerprint density at radius 3 is 1.33 bits per heavy atom. The summed E-state index contributed by atoms with van der Waals surface area (Å²) < 4.78 is 10.6. The zero-order chi connectivity index (χ0) is 16.8. The van der Waals surface area contributed by atoms with E-state index < -0.39 is 11.2 Å². The van der Waals surface area contributed by atoms with Gasteiger partial charge in [0.15, 0.2) is 0 Å². The molecule has 0 saturated heterocycles. The van der Waals surface area contributed by atoms with Crippen molar-refractivity contribution in [2.45, 2.75) is 81.7 Å². The fraction of sp³-hybridized carbons (Fsp3) is 0.867. The molecule has 4 nitrogen and oxygen atoms in total. The quantitative estimate of drug-likeness (QED) is 0.464. The number of esters is 2. The van der Waals surface area contributed by atoms with Crippen LogP contribution in [0.15, 0.2) is 0 Å². The second-order valence-electron chi connectivity index (χ2n) is 6.93. The third-order valence-electron chi connectivity index (χ3n) is 2.24. The lowest BCUT2D eigenvalue weighted by molar-refractivity contribution is -0.154. The summed E-state index contributed by atoms with van der Waals surface area (Å²) in [5.74, 6) is -0.545. The van der Waals surface area contributed by atoms with Gasteiger partial charge in [-0.05, 0) is 54.4 Å². The van der Waals surface area contributed by atoms with Crippen LogP contribution in [0.2, 0.25) is 0 Å². The van der Waals surface area contributed by atoms with E-state index in [1.807, 2.05) is 41.5 Å². The molecule has 0 aromatic rings. The predicted octanol–water partition coefficient (Wildman–Crippen LogP) is 4.37. The predicted molar refractivity (Wildman–Crippen MR) is 91.0 cm³/mol. The molecule has 0 fully saturated rings. The van der Waals surface area contributed by atoms with Crippen LogP contribution in [0.4, 0.5) is 0 Å². The van der Waals surface area contributed by atoms with E-state index in [2.05, 4.69) is 31.9 Å². The van der Waals surface area contributed by atoms with Gasteiger partial charge >= 0.3 is 11.9 Å². The van der Waals surface area contributed by atoms with Gasteiger partial charge in [0.25, 0.3) is 0 Å². The van der Waals surface area contributed by atoms with E-state index in [1.165, 1.54) is 0 Å². The van der Waals surface area contributed by atoms with E-state index >= 15 is 0 Å². The number of carbonyl (C=O) groups excluding carboxylic acids is 2. The van der Waals surface area contributed by atoms with Gasteiger partial charge < -0.3 is 9.47 Å². The van der Waals surface area contributed by atoms with Gasteiger partial charge in [0.1, 0.15) is 20.9 Å². The summed E-state index contributed by atoms with van der Waals surface area (Å²) in [6.45, 7) is 11.0. The van der Waals surface area contributed by atoms with Crippen LogP contribution in [0.25, 0.3) is 0 Å². The Balaban J connectivity index is 4.08. The van der Waals surface area contributed by atoms with Crippen LogP contribution >= 0.6 is 31.9 Å². The third kappa shape index (κ3) is 11.2. The number of hydrogen-bond donors (Lipinski definition) is 0. The molecule has 0 saturated carbocycles. The second kappa shape index (κ2) is 8.51. The smallest absolute Gasteiger partial charge is 0.320 e. The standard InChI is InChI=1S/C15H26Br2O4/c1-14(2,3)20-12(18)10(16)8-7-9-11(17)13(19)21-15(4,5)6/h10-11H,7-9H2,1-6H3. The van der Waals surface area contributed by atoms with Crippen molar-refractivity contribution >= 4 is 43.8 Å². The highest BCUT2D eigenvalue weighted by molar-refractivity contribution is 9.10. The Bertz CT molecular complexity index is 322. The van der Waals surface area contributed by atoms with E-state index in [0.717, 1.165) is 0 Å². The summed E-state index contributed by atoms with van der Waals surface area (Å²) >= 11 is 6.65. The van der Waals surface area contributed by atoms with Crippen molar-refractivity contribution < 1.29 is 19.1 Å². The van der Waals surface area contributed by atoms with Gasteiger partial charge in [0.2, 0.25) is 0 Å². The Hall–Kier alpha value is -0.100. The Morgan fingerprint density at radius 1 is 0.810 bits per heavy atom. The van der Waals surface area contributed by atoms with Gasteiger partial charge in [-0.25, -0.2) is 0 Å². The molecule has 2 unspecified atom stereocenters. The number of alkyl halides is 2. The van der Waals surface area contributed by atoms with Crippen LogP contribution in [0.5, 0.6) is 0 Å². The zero-order valence-electron chi connectivity index (χ0n) is 13.7. The van der Waals surface area contributed by atoms with Crippen molar-refractivity contribution in [1.82, 2.24) is 0 Å². The van der Waals surface area contributed by atoms with Crippen molar-refractivity contribution in [3.8, 4) is 0 Å². The average Bonchev–Trinajstić information content (AvgIpc) is 2.23. The van der Waals surface area contributed by atoms with E-state index in [4.69, 9.17) is 9.47 Å². The maximum atomic E-state index is 11.8. The molecule has 124 valence electrons. The number of rotatable bonds is 6. The van der Waals surface area contributed by atoms with Crippen molar-refractivity contribution in [2.24, 2.45) is 0 Å². The normalized spacial score (nSPS) is 15.2. The summed E-state index contributed by atoms with van der Waals surface area (Å²) in [5, 5.41) is 0. The van der Waals surface area contributed by atoms with E-state index in [-0.39, 0.29) is 21.6 Å². The molecule has 0 aliphatic carbocycles. The van der Waals surface area contributed by atoms with Crippen LogP contribution in [-0.2, 0) is 19.1 Å². The molecule has 0 aromatic carbocycles. The van der Waals surface area contributed by atoms with E-state index in [0.29, 0.717) is 19.3 Å². The SMILES string of the molecule is CC(C)(C)OC(=O)C(Br)CCCC(Br)C(=O)OC(C)(C)C. The lowest BCUT2D eigenvalue weighted by Gasteiger charge is -2.22. The Labute approximate surface area is 144 Å². The molecule has 0 amide bonds. The zero-order valence-corrected chi connectivity index (χ0v) is 16.8. The molecule has 0 aliphatic rings. The van der Waals surface area contributed by atoms with Crippen molar-refractivity contribution in [2.75, 3.05) is 0 Å². The summed E-state index contributed by atoms with van der Waals surface area (Å²) in [6.07, 6.45) is 1.93. The first-order valence-electron chi connectivity index (χ1n) is 7.06. The molecule has 2 atom stereocenters. The van der Waals surface area contributed by atoms with Crippen LogP contribution in [0.1, 0.15) is 60.8 Å². The summed E-state index contributed by atoms with van der Waals surface area (Å²) in [4.78, 5) is 22.9. The highest BCUT2D eigenvalue weighted by Gasteiger charge is 2.25.